The highest BCUT2D eigenvalue weighted by Crippen LogP contribution is 2.34. The van der Waals surface area contributed by atoms with Crippen LogP contribution in [0.15, 0.2) is 65.9 Å². The summed E-state index contributed by atoms with van der Waals surface area (Å²) >= 11 is 0. The largest absolute Gasteiger partial charge is 0.326 e. The number of nitro groups is 1. The van der Waals surface area contributed by atoms with Gasteiger partial charge >= 0.3 is 6.03 Å². The highest BCUT2D eigenvalue weighted by Gasteiger charge is 2.35. The van der Waals surface area contributed by atoms with E-state index in [9.17, 15) is 19.7 Å². The molecule has 7 heteroatoms. The molecule has 0 unspecified atom stereocenters. The van der Waals surface area contributed by atoms with Gasteiger partial charge in [0.25, 0.3) is 5.69 Å². The van der Waals surface area contributed by atoms with Crippen molar-refractivity contribution in [2.24, 2.45) is 0 Å². The third kappa shape index (κ3) is 3.12. The molecule has 0 aromatic heterocycles. The van der Waals surface area contributed by atoms with Crippen LogP contribution in [0, 0.1) is 10.1 Å². The molecule has 7 nitrogen and oxygen atoms in total. The molecule has 0 spiro atoms. The monoisotopic (exact) mass is 337 g/mol. The first kappa shape index (κ1) is 16.4. The molecule has 0 saturated heterocycles. The van der Waals surface area contributed by atoms with Gasteiger partial charge in [-0.15, -0.1) is 0 Å². The van der Waals surface area contributed by atoms with E-state index in [2.05, 4.69) is 10.6 Å². The van der Waals surface area contributed by atoms with Gasteiger partial charge in [0.15, 0.2) is 5.78 Å². The topological polar surface area (TPSA) is 101 Å². The van der Waals surface area contributed by atoms with E-state index in [1.807, 2.05) is 0 Å². The highest BCUT2D eigenvalue weighted by atomic mass is 16.6. The highest BCUT2D eigenvalue weighted by molar-refractivity contribution is 6.11. The molecule has 0 bridgehead atoms. The number of nitro benzene ring substituents is 1. The summed E-state index contributed by atoms with van der Waals surface area (Å²) in [7, 11) is 0. The summed E-state index contributed by atoms with van der Waals surface area (Å²) < 4.78 is 0. The molecule has 2 amide bonds. The molecule has 2 N–H and O–H groups in total. The number of benzene rings is 2. The number of carbonyl (C=O) groups excluding carboxylic acids is 2. The van der Waals surface area contributed by atoms with Crippen LogP contribution in [-0.2, 0) is 0 Å². The first-order valence-electron chi connectivity index (χ1n) is 7.60. The lowest BCUT2D eigenvalue weighted by Gasteiger charge is -2.28. The van der Waals surface area contributed by atoms with Crippen molar-refractivity contribution >= 4 is 17.5 Å². The van der Waals surface area contributed by atoms with Gasteiger partial charge in [-0.3, -0.25) is 14.9 Å². The number of urea groups is 1. The lowest BCUT2D eigenvalue weighted by molar-refractivity contribution is -0.385. The zero-order chi connectivity index (χ0) is 18.0. The van der Waals surface area contributed by atoms with E-state index in [0.717, 1.165) is 0 Å². The number of ketones is 1. The molecule has 126 valence electrons. The van der Waals surface area contributed by atoms with Crippen LogP contribution in [0.5, 0.6) is 0 Å². The Labute approximate surface area is 143 Å². The summed E-state index contributed by atoms with van der Waals surface area (Å²) in [6, 6.07) is 13.2. The van der Waals surface area contributed by atoms with E-state index >= 15 is 0 Å². The molecule has 1 heterocycles. The van der Waals surface area contributed by atoms with Gasteiger partial charge in [-0.2, -0.15) is 0 Å². The van der Waals surface area contributed by atoms with Crippen molar-refractivity contribution in [2.75, 3.05) is 0 Å². The van der Waals surface area contributed by atoms with Crippen molar-refractivity contribution < 1.29 is 14.5 Å². The quantitative estimate of drug-likeness (QED) is 0.508. The molecule has 2 aromatic carbocycles. The van der Waals surface area contributed by atoms with E-state index in [1.165, 1.54) is 6.07 Å². The molecule has 0 radical (unpaired) electrons. The Hall–Kier alpha value is -3.48. The van der Waals surface area contributed by atoms with Gasteiger partial charge in [-0.05, 0) is 13.0 Å². The van der Waals surface area contributed by atoms with E-state index in [-0.39, 0.29) is 22.6 Å². The van der Waals surface area contributed by atoms with Crippen molar-refractivity contribution in [3.05, 3.63) is 87.1 Å². The average Bonchev–Trinajstić information content (AvgIpc) is 2.61. The summed E-state index contributed by atoms with van der Waals surface area (Å²) in [6.07, 6.45) is 0. The van der Waals surface area contributed by atoms with Gasteiger partial charge < -0.3 is 10.6 Å². The first-order chi connectivity index (χ1) is 12.0. The van der Waals surface area contributed by atoms with E-state index in [1.54, 1.807) is 55.5 Å². The smallest absolute Gasteiger partial charge is 0.319 e. The number of nitrogens with one attached hydrogen (secondary N) is 2. The third-order valence-corrected chi connectivity index (χ3v) is 3.99. The minimum atomic E-state index is -0.900. The van der Waals surface area contributed by atoms with Crippen LogP contribution < -0.4 is 10.6 Å². The van der Waals surface area contributed by atoms with Gasteiger partial charge in [0.2, 0.25) is 0 Å². The molecule has 25 heavy (non-hydrogen) atoms. The van der Waals surface area contributed by atoms with Crippen molar-refractivity contribution in [1.82, 2.24) is 10.6 Å². The van der Waals surface area contributed by atoms with Crippen molar-refractivity contribution in [2.45, 2.75) is 13.0 Å². The minimum absolute atomic E-state index is 0.152. The zero-order valence-corrected chi connectivity index (χ0v) is 13.4. The maximum Gasteiger partial charge on any atom is 0.319 e. The number of rotatable bonds is 4. The van der Waals surface area contributed by atoms with Gasteiger partial charge in [0, 0.05) is 22.9 Å². The van der Waals surface area contributed by atoms with Crippen LogP contribution >= 0.6 is 0 Å². The maximum atomic E-state index is 13.0. The van der Waals surface area contributed by atoms with E-state index in [4.69, 9.17) is 0 Å². The molecular weight excluding hydrogens is 322 g/mol. The van der Waals surface area contributed by atoms with E-state index < -0.39 is 17.0 Å². The zero-order valence-electron chi connectivity index (χ0n) is 13.4. The molecular formula is C18H15N3O4. The Kier molecular flexibility index (Phi) is 4.30. The number of carbonyl (C=O) groups is 2. The number of hydrogen-bond acceptors (Lipinski definition) is 4. The van der Waals surface area contributed by atoms with Crippen molar-refractivity contribution in [3.8, 4) is 0 Å². The second kappa shape index (κ2) is 6.56. The second-order valence-electron chi connectivity index (χ2n) is 5.58. The second-order valence-corrected chi connectivity index (χ2v) is 5.58. The SMILES string of the molecule is CC1=C(C(=O)c2ccccc2)[C@H](c2ccccc2[N+](=O)[O-])NC(=O)N1. The predicted molar refractivity (Wildman–Crippen MR) is 91.0 cm³/mol. The minimum Gasteiger partial charge on any atom is -0.326 e. The molecule has 1 atom stereocenters. The fourth-order valence-electron chi connectivity index (χ4n) is 2.87. The van der Waals surface area contributed by atoms with Gasteiger partial charge in [0.1, 0.15) is 0 Å². The van der Waals surface area contributed by atoms with Gasteiger partial charge in [0.05, 0.1) is 16.5 Å². The van der Waals surface area contributed by atoms with Crippen LogP contribution in [0.25, 0.3) is 0 Å². The standard InChI is InChI=1S/C18H15N3O4/c1-11-15(17(22)12-7-3-2-4-8-12)16(20-18(23)19-11)13-9-5-6-10-14(13)21(24)25/h2-10,16H,1H3,(H2,19,20,23)/t16-/m0/s1. The molecule has 0 fully saturated rings. The molecule has 2 aromatic rings. The fourth-order valence-corrected chi connectivity index (χ4v) is 2.87. The van der Waals surface area contributed by atoms with Gasteiger partial charge in [-0.1, -0.05) is 42.5 Å². The number of hydrogen-bond donors (Lipinski definition) is 2. The van der Waals surface area contributed by atoms with Crippen molar-refractivity contribution in [3.63, 3.8) is 0 Å². The Morgan fingerprint density at radius 1 is 1.08 bits per heavy atom. The lowest BCUT2D eigenvalue weighted by Crippen LogP contribution is -2.45. The predicted octanol–water partition coefficient (Wildman–Crippen LogP) is 3.11. The third-order valence-electron chi connectivity index (χ3n) is 3.99. The Morgan fingerprint density at radius 3 is 2.40 bits per heavy atom. The van der Waals surface area contributed by atoms with Crippen LogP contribution in [0.3, 0.4) is 0 Å². The normalized spacial score (nSPS) is 16.8. The number of para-hydroxylation sites is 1. The van der Waals surface area contributed by atoms with Crippen LogP contribution in [-0.4, -0.2) is 16.7 Å². The lowest BCUT2D eigenvalue weighted by atomic mass is 9.89. The number of nitrogens with zero attached hydrogens (tertiary/aromatic N) is 1. The first-order valence-corrected chi connectivity index (χ1v) is 7.60. The summed E-state index contributed by atoms with van der Waals surface area (Å²) in [5, 5.41) is 16.5. The van der Waals surface area contributed by atoms with Crippen LogP contribution in [0.1, 0.15) is 28.9 Å². The molecule has 1 aliphatic heterocycles. The number of Topliss-reactive ketones (excluding diaryl/α,β-unsaturated/α-hetero) is 1. The molecule has 0 saturated carbocycles. The van der Waals surface area contributed by atoms with Gasteiger partial charge in [-0.25, -0.2) is 4.79 Å². The van der Waals surface area contributed by atoms with Crippen LogP contribution in [0.2, 0.25) is 0 Å². The average molecular weight is 337 g/mol. The summed E-state index contributed by atoms with van der Waals surface area (Å²) in [4.78, 5) is 35.7. The Morgan fingerprint density at radius 2 is 1.72 bits per heavy atom. The Balaban J connectivity index is 2.14. The maximum absolute atomic E-state index is 13.0. The van der Waals surface area contributed by atoms with Crippen molar-refractivity contribution in [1.29, 1.82) is 0 Å². The summed E-state index contributed by atoms with van der Waals surface area (Å²) in [5.74, 6) is -0.297. The molecule has 1 aliphatic rings. The fraction of sp³-hybridized carbons (Fsp3) is 0.111. The molecule has 3 rings (SSSR count). The summed E-state index contributed by atoms with van der Waals surface area (Å²) in [5.41, 5.74) is 1.21. The van der Waals surface area contributed by atoms with E-state index in [0.29, 0.717) is 11.3 Å². The number of allylic oxidation sites excluding steroid dienone is 1. The number of amides is 2. The summed E-state index contributed by atoms with van der Waals surface area (Å²) in [6.45, 7) is 1.61. The molecule has 0 aliphatic carbocycles. The Bertz CT molecular complexity index is 890. The van der Waals surface area contributed by atoms with Crippen LogP contribution in [0.4, 0.5) is 10.5 Å².